The Morgan fingerprint density at radius 3 is 2.27 bits per heavy atom. The zero-order valence-electron chi connectivity index (χ0n) is 12.5. The quantitative estimate of drug-likeness (QED) is 0.918. The average Bonchev–Trinajstić information content (AvgIpc) is 2.36. The lowest BCUT2D eigenvalue weighted by atomic mass is 9.83. The number of halogens is 2. The maximum Gasteiger partial charge on any atom is 0.409 e. The molecule has 116 valence electrons. The number of aromatic nitrogens is 1. The van der Waals surface area contributed by atoms with E-state index in [9.17, 15) is 13.6 Å². The molecular formula is C16H16F2N2O2. The van der Waals surface area contributed by atoms with Gasteiger partial charge in [-0.05, 0) is 23.6 Å². The lowest BCUT2D eigenvalue weighted by Crippen LogP contribution is -2.21. The van der Waals surface area contributed by atoms with Crippen LogP contribution < -0.4 is 10.5 Å². The van der Waals surface area contributed by atoms with Gasteiger partial charge < -0.3 is 10.5 Å². The zero-order chi connectivity index (χ0) is 16.5. The first-order valence-electron chi connectivity index (χ1n) is 6.63. The van der Waals surface area contributed by atoms with Crippen LogP contribution in [0.2, 0.25) is 0 Å². The van der Waals surface area contributed by atoms with Gasteiger partial charge in [0, 0.05) is 11.8 Å². The maximum absolute atomic E-state index is 14.1. The number of pyridine rings is 1. The minimum absolute atomic E-state index is 0.0850. The lowest BCUT2D eigenvalue weighted by molar-refractivity contribution is 0.210. The molecule has 0 fully saturated rings. The molecule has 22 heavy (non-hydrogen) atoms. The normalized spacial score (nSPS) is 11.3. The van der Waals surface area contributed by atoms with Crippen molar-refractivity contribution >= 4 is 6.09 Å². The summed E-state index contributed by atoms with van der Waals surface area (Å²) in [5.41, 5.74) is 4.70. The average molecular weight is 306 g/mol. The Morgan fingerprint density at radius 2 is 1.77 bits per heavy atom. The SMILES string of the molecule is CC(C)(C)c1c(OC(N)=O)ccnc1-c1c(F)cccc1F. The molecule has 2 rings (SSSR count). The molecule has 2 aromatic rings. The summed E-state index contributed by atoms with van der Waals surface area (Å²) in [6.07, 6.45) is 0.311. The van der Waals surface area contributed by atoms with Crippen LogP contribution in [0.3, 0.4) is 0 Å². The van der Waals surface area contributed by atoms with Crippen LogP contribution in [0.5, 0.6) is 5.75 Å². The van der Waals surface area contributed by atoms with E-state index in [0.29, 0.717) is 5.56 Å². The highest BCUT2D eigenvalue weighted by Crippen LogP contribution is 2.39. The first kappa shape index (κ1) is 15.9. The van der Waals surface area contributed by atoms with Gasteiger partial charge in [-0.2, -0.15) is 0 Å². The van der Waals surface area contributed by atoms with Crippen LogP contribution in [0.1, 0.15) is 26.3 Å². The number of carbonyl (C=O) groups is 1. The molecule has 2 N–H and O–H groups in total. The van der Waals surface area contributed by atoms with Crippen LogP contribution in [-0.4, -0.2) is 11.1 Å². The van der Waals surface area contributed by atoms with Gasteiger partial charge in [-0.1, -0.05) is 26.8 Å². The van der Waals surface area contributed by atoms with Crippen LogP contribution in [-0.2, 0) is 5.41 Å². The fraction of sp³-hybridized carbons (Fsp3) is 0.250. The summed E-state index contributed by atoms with van der Waals surface area (Å²) >= 11 is 0. The van der Waals surface area contributed by atoms with Crippen molar-refractivity contribution < 1.29 is 18.3 Å². The molecule has 0 saturated carbocycles. The third-order valence-corrected chi connectivity index (χ3v) is 3.07. The predicted octanol–water partition coefficient (Wildman–Crippen LogP) is 3.78. The van der Waals surface area contributed by atoms with Crippen molar-refractivity contribution in [2.24, 2.45) is 5.73 Å². The van der Waals surface area contributed by atoms with E-state index in [1.807, 2.05) is 20.8 Å². The molecule has 0 radical (unpaired) electrons. The van der Waals surface area contributed by atoms with E-state index in [-0.39, 0.29) is 17.0 Å². The summed E-state index contributed by atoms with van der Waals surface area (Å²) in [5.74, 6) is -1.35. The molecule has 1 amide bonds. The molecule has 6 heteroatoms. The predicted molar refractivity (Wildman–Crippen MR) is 78.5 cm³/mol. The van der Waals surface area contributed by atoms with Crippen LogP contribution in [0.25, 0.3) is 11.3 Å². The van der Waals surface area contributed by atoms with Crippen molar-refractivity contribution in [1.29, 1.82) is 0 Å². The number of nitrogens with zero attached hydrogens (tertiary/aromatic N) is 1. The summed E-state index contributed by atoms with van der Waals surface area (Å²) < 4.78 is 33.1. The second kappa shape index (κ2) is 5.71. The van der Waals surface area contributed by atoms with Crippen LogP contribution in [0.4, 0.5) is 13.6 Å². The summed E-state index contributed by atoms with van der Waals surface area (Å²) in [5, 5.41) is 0. The molecule has 0 saturated heterocycles. The molecule has 0 spiro atoms. The molecular weight excluding hydrogens is 290 g/mol. The van der Waals surface area contributed by atoms with E-state index >= 15 is 0 Å². The second-order valence-corrected chi connectivity index (χ2v) is 5.80. The highest BCUT2D eigenvalue weighted by molar-refractivity contribution is 5.73. The maximum atomic E-state index is 14.1. The van der Waals surface area contributed by atoms with Crippen molar-refractivity contribution in [3.8, 4) is 17.0 Å². The molecule has 0 aliphatic carbocycles. The van der Waals surface area contributed by atoms with E-state index in [0.717, 1.165) is 12.1 Å². The highest BCUT2D eigenvalue weighted by atomic mass is 19.1. The Balaban J connectivity index is 2.79. The highest BCUT2D eigenvalue weighted by Gasteiger charge is 2.28. The number of benzene rings is 1. The molecule has 0 atom stereocenters. The summed E-state index contributed by atoms with van der Waals surface area (Å²) in [6, 6.07) is 5.00. The number of rotatable bonds is 2. The third-order valence-electron chi connectivity index (χ3n) is 3.07. The van der Waals surface area contributed by atoms with Crippen molar-refractivity contribution in [3.05, 3.63) is 47.7 Å². The van der Waals surface area contributed by atoms with E-state index in [2.05, 4.69) is 4.98 Å². The Morgan fingerprint density at radius 1 is 1.18 bits per heavy atom. The molecule has 4 nitrogen and oxygen atoms in total. The topological polar surface area (TPSA) is 65.2 Å². The van der Waals surface area contributed by atoms with Crippen molar-refractivity contribution in [2.75, 3.05) is 0 Å². The molecule has 1 aromatic carbocycles. The van der Waals surface area contributed by atoms with Gasteiger partial charge in [-0.3, -0.25) is 4.98 Å². The minimum atomic E-state index is -1.00. The molecule has 1 aromatic heterocycles. The van der Waals surface area contributed by atoms with E-state index in [4.69, 9.17) is 10.5 Å². The third kappa shape index (κ3) is 3.05. The van der Waals surface area contributed by atoms with Gasteiger partial charge in [0.1, 0.15) is 17.4 Å². The fourth-order valence-corrected chi connectivity index (χ4v) is 2.28. The lowest BCUT2D eigenvalue weighted by Gasteiger charge is -2.25. The van der Waals surface area contributed by atoms with Gasteiger partial charge in [0.15, 0.2) is 0 Å². The van der Waals surface area contributed by atoms with Gasteiger partial charge in [0.05, 0.1) is 11.3 Å². The van der Waals surface area contributed by atoms with Gasteiger partial charge >= 0.3 is 6.09 Å². The molecule has 0 aliphatic rings. The molecule has 0 bridgehead atoms. The number of primary amides is 1. The van der Waals surface area contributed by atoms with Crippen LogP contribution in [0, 0.1) is 11.6 Å². The minimum Gasteiger partial charge on any atom is -0.410 e. The van der Waals surface area contributed by atoms with E-state index in [1.165, 1.54) is 18.3 Å². The molecule has 1 heterocycles. The number of nitrogens with two attached hydrogens (primary N) is 1. The number of hydrogen-bond acceptors (Lipinski definition) is 3. The van der Waals surface area contributed by atoms with Gasteiger partial charge in [-0.25, -0.2) is 13.6 Å². The largest absolute Gasteiger partial charge is 0.410 e. The monoisotopic (exact) mass is 306 g/mol. The zero-order valence-corrected chi connectivity index (χ0v) is 12.5. The Hall–Kier alpha value is -2.50. The second-order valence-electron chi connectivity index (χ2n) is 5.80. The van der Waals surface area contributed by atoms with E-state index in [1.54, 1.807) is 0 Å². The molecule has 0 aliphatic heterocycles. The number of hydrogen-bond donors (Lipinski definition) is 1. The first-order chi connectivity index (χ1) is 10.2. The van der Waals surface area contributed by atoms with Gasteiger partial charge in [-0.15, -0.1) is 0 Å². The van der Waals surface area contributed by atoms with Crippen LogP contribution in [0.15, 0.2) is 30.5 Å². The van der Waals surface area contributed by atoms with Crippen molar-refractivity contribution in [2.45, 2.75) is 26.2 Å². The van der Waals surface area contributed by atoms with Gasteiger partial charge in [0.2, 0.25) is 0 Å². The summed E-state index contributed by atoms with van der Waals surface area (Å²) in [7, 11) is 0. The number of carbonyl (C=O) groups excluding carboxylic acids is 1. The van der Waals surface area contributed by atoms with Crippen molar-refractivity contribution in [1.82, 2.24) is 4.98 Å². The standard InChI is InChI=1S/C16H16F2N2O2/c1-16(2,3)13-11(22-15(19)21)7-8-20-14(13)12-9(17)5-4-6-10(12)18/h4-8H,1-3H3,(H2,19,21). The molecule has 0 unspecified atom stereocenters. The fourth-order valence-electron chi connectivity index (χ4n) is 2.28. The number of ether oxygens (including phenoxy) is 1. The van der Waals surface area contributed by atoms with Crippen molar-refractivity contribution in [3.63, 3.8) is 0 Å². The Kier molecular flexibility index (Phi) is 4.12. The number of amides is 1. The van der Waals surface area contributed by atoms with Crippen LogP contribution >= 0.6 is 0 Å². The first-order valence-corrected chi connectivity index (χ1v) is 6.63. The Labute approximate surface area is 126 Å². The van der Waals surface area contributed by atoms with Gasteiger partial charge in [0.25, 0.3) is 0 Å². The van der Waals surface area contributed by atoms with E-state index < -0.39 is 23.1 Å². The Bertz CT molecular complexity index is 704. The summed E-state index contributed by atoms with van der Waals surface area (Å²) in [4.78, 5) is 15.2. The summed E-state index contributed by atoms with van der Waals surface area (Å²) in [6.45, 7) is 5.46. The smallest absolute Gasteiger partial charge is 0.409 e.